The van der Waals surface area contributed by atoms with Gasteiger partial charge in [0.25, 0.3) is 0 Å². The van der Waals surface area contributed by atoms with Crippen LogP contribution < -0.4 is 10.5 Å². The standard InChI is InChI=1S/C13H19N5O2S/c1-18-6-4-9(5-7-18)15-13-16-11-3-2-10(21(14,19)20)8-12(11)17-13/h2-3,8-9H,4-7H2,1H3,(H2,14,19,20)(H2,15,16,17). The molecule has 0 spiro atoms. The second-order valence-electron chi connectivity index (χ2n) is 5.53. The number of primary sulfonamides is 1. The monoisotopic (exact) mass is 309 g/mol. The first-order valence-corrected chi connectivity index (χ1v) is 8.44. The fraction of sp³-hybridized carbons (Fsp3) is 0.462. The minimum Gasteiger partial charge on any atom is -0.353 e. The number of fused-ring (bicyclic) bond motifs is 1. The molecule has 7 nitrogen and oxygen atoms in total. The molecule has 21 heavy (non-hydrogen) atoms. The highest BCUT2D eigenvalue weighted by atomic mass is 32.2. The molecule has 0 saturated carbocycles. The second kappa shape index (κ2) is 5.28. The summed E-state index contributed by atoms with van der Waals surface area (Å²) in [4.78, 5) is 9.93. The summed E-state index contributed by atoms with van der Waals surface area (Å²) in [7, 11) is -1.57. The number of nitrogens with two attached hydrogens (primary N) is 1. The van der Waals surface area contributed by atoms with Gasteiger partial charge in [0.1, 0.15) is 0 Å². The third kappa shape index (κ3) is 3.17. The minimum atomic E-state index is -3.69. The van der Waals surface area contributed by atoms with Crippen LogP contribution in [0.15, 0.2) is 23.1 Å². The van der Waals surface area contributed by atoms with Gasteiger partial charge in [0.05, 0.1) is 15.9 Å². The highest BCUT2D eigenvalue weighted by Gasteiger charge is 2.18. The quantitative estimate of drug-likeness (QED) is 0.775. The smallest absolute Gasteiger partial charge is 0.238 e. The number of aromatic nitrogens is 2. The zero-order chi connectivity index (χ0) is 15.0. The second-order valence-corrected chi connectivity index (χ2v) is 7.09. The van der Waals surface area contributed by atoms with Gasteiger partial charge in [-0.1, -0.05) is 0 Å². The highest BCUT2D eigenvalue weighted by molar-refractivity contribution is 7.89. The summed E-state index contributed by atoms with van der Waals surface area (Å²) >= 11 is 0. The molecule has 1 aromatic carbocycles. The van der Waals surface area contributed by atoms with Crippen molar-refractivity contribution in [3.8, 4) is 0 Å². The third-order valence-corrected chi connectivity index (χ3v) is 4.75. The lowest BCUT2D eigenvalue weighted by atomic mass is 10.1. The molecule has 0 radical (unpaired) electrons. The Hall–Kier alpha value is -1.64. The number of nitrogens with zero attached hydrogens (tertiary/aromatic N) is 2. The van der Waals surface area contributed by atoms with E-state index < -0.39 is 10.0 Å². The normalized spacial score (nSPS) is 18.2. The van der Waals surface area contributed by atoms with E-state index in [0.717, 1.165) is 31.4 Å². The molecule has 0 bridgehead atoms. The maximum atomic E-state index is 11.4. The van der Waals surface area contributed by atoms with E-state index in [1.54, 1.807) is 6.07 Å². The summed E-state index contributed by atoms with van der Waals surface area (Å²) in [5.41, 5.74) is 1.38. The first-order valence-electron chi connectivity index (χ1n) is 6.89. The predicted octanol–water partition coefficient (Wildman–Crippen LogP) is 0.716. The molecule has 1 aliphatic heterocycles. The number of rotatable bonds is 3. The third-order valence-electron chi connectivity index (χ3n) is 3.84. The van der Waals surface area contributed by atoms with E-state index in [2.05, 4.69) is 27.2 Å². The summed E-state index contributed by atoms with van der Waals surface area (Å²) in [6.07, 6.45) is 2.13. The maximum absolute atomic E-state index is 11.4. The van der Waals surface area contributed by atoms with Crippen LogP contribution in [0.5, 0.6) is 0 Å². The number of H-pyrrole nitrogens is 1. The number of benzene rings is 1. The Labute approximate surface area is 123 Å². The Morgan fingerprint density at radius 2 is 2.10 bits per heavy atom. The molecule has 0 unspecified atom stereocenters. The van der Waals surface area contributed by atoms with Crippen molar-refractivity contribution in [2.75, 3.05) is 25.5 Å². The van der Waals surface area contributed by atoms with Gasteiger partial charge in [-0.05, 0) is 51.2 Å². The van der Waals surface area contributed by atoms with E-state index in [4.69, 9.17) is 5.14 Å². The van der Waals surface area contributed by atoms with Crippen LogP contribution in [0, 0.1) is 0 Å². The van der Waals surface area contributed by atoms with Gasteiger partial charge in [0.15, 0.2) is 0 Å². The van der Waals surface area contributed by atoms with Crippen molar-refractivity contribution in [3.05, 3.63) is 18.2 Å². The van der Waals surface area contributed by atoms with Crippen molar-refractivity contribution >= 4 is 27.0 Å². The van der Waals surface area contributed by atoms with Crippen molar-refractivity contribution < 1.29 is 8.42 Å². The molecule has 2 heterocycles. The molecule has 0 aliphatic carbocycles. The summed E-state index contributed by atoms with van der Waals surface area (Å²) < 4.78 is 22.7. The largest absolute Gasteiger partial charge is 0.353 e. The lowest BCUT2D eigenvalue weighted by Crippen LogP contribution is -2.36. The number of likely N-dealkylation sites (tertiary alicyclic amines) is 1. The van der Waals surface area contributed by atoms with Crippen molar-refractivity contribution in [2.24, 2.45) is 5.14 Å². The average molecular weight is 309 g/mol. The van der Waals surface area contributed by atoms with Crippen LogP contribution in [0.3, 0.4) is 0 Å². The van der Waals surface area contributed by atoms with Gasteiger partial charge < -0.3 is 15.2 Å². The SMILES string of the molecule is CN1CCC(Nc2nc3ccc(S(N)(=O)=O)cc3[nH]2)CC1. The average Bonchev–Trinajstić information content (AvgIpc) is 2.81. The Morgan fingerprint density at radius 3 is 2.76 bits per heavy atom. The molecule has 114 valence electrons. The molecule has 8 heteroatoms. The number of piperidine rings is 1. The van der Waals surface area contributed by atoms with E-state index in [-0.39, 0.29) is 4.90 Å². The molecule has 0 atom stereocenters. The summed E-state index contributed by atoms with van der Waals surface area (Å²) in [6.45, 7) is 2.13. The Morgan fingerprint density at radius 1 is 1.38 bits per heavy atom. The van der Waals surface area contributed by atoms with Crippen molar-refractivity contribution in [1.82, 2.24) is 14.9 Å². The first-order chi connectivity index (χ1) is 9.91. The van der Waals surface area contributed by atoms with Crippen molar-refractivity contribution in [2.45, 2.75) is 23.8 Å². The predicted molar refractivity (Wildman–Crippen MR) is 81.6 cm³/mol. The molecule has 2 aromatic rings. The van der Waals surface area contributed by atoms with Crippen LogP contribution in [-0.2, 0) is 10.0 Å². The van der Waals surface area contributed by atoms with E-state index >= 15 is 0 Å². The zero-order valence-corrected chi connectivity index (χ0v) is 12.7. The molecule has 1 aliphatic rings. The van der Waals surface area contributed by atoms with Gasteiger partial charge in [-0.3, -0.25) is 0 Å². The lowest BCUT2D eigenvalue weighted by molar-refractivity contribution is 0.263. The van der Waals surface area contributed by atoms with Crippen LogP contribution in [0.1, 0.15) is 12.8 Å². The number of aromatic amines is 1. The van der Waals surface area contributed by atoms with Gasteiger partial charge >= 0.3 is 0 Å². The lowest BCUT2D eigenvalue weighted by Gasteiger charge is -2.29. The molecular formula is C13H19N5O2S. The summed E-state index contributed by atoms with van der Waals surface area (Å²) in [5.74, 6) is 0.672. The van der Waals surface area contributed by atoms with Gasteiger partial charge in [0.2, 0.25) is 16.0 Å². The van der Waals surface area contributed by atoms with E-state index in [9.17, 15) is 8.42 Å². The van der Waals surface area contributed by atoms with Gasteiger partial charge in [-0.25, -0.2) is 18.5 Å². The van der Waals surface area contributed by atoms with Crippen molar-refractivity contribution in [3.63, 3.8) is 0 Å². The number of hydrogen-bond donors (Lipinski definition) is 3. The van der Waals surface area contributed by atoms with Crippen LogP contribution >= 0.6 is 0 Å². The molecule has 3 rings (SSSR count). The number of sulfonamides is 1. The maximum Gasteiger partial charge on any atom is 0.238 e. The number of imidazole rings is 1. The van der Waals surface area contributed by atoms with Crippen LogP contribution in [-0.4, -0.2) is 49.5 Å². The molecule has 1 fully saturated rings. The van der Waals surface area contributed by atoms with Gasteiger partial charge in [-0.15, -0.1) is 0 Å². The minimum absolute atomic E-state index is 0.0875. The fourth-order valence-corrected chi connectivity index (χ4v) is 3.12. The van der Waals surface area contributed by atoms with Crippen LogP contribution in [0.4, 0.5) is 5.95 Å². The van der Waals surface area contributed by atoms with Crippen LogP contribution in [0.25, 0.3) is 11.0 Å². The zero-order valence-electron chi connectivity index (χ0n) is 11.8. The van der Waals surface area contributed by atoms with Crippen LogP contribution in [0.2, 0.25) is 0 Å². The Bertz CT molecular complexity index is 747. The molecule has 4 N–H and O–H groups in total. The van der Waals surface area contributed by atoms with E-state index in [1.165, 1.54) is 12.1 Å². The Kier molecular flexibility index (Phi) is 3.60. The van der Waals surface area contributed by atoms with E-state index in [1.807, 2.05) is 0 Å². The van der Waals surface area contributed by atoms with E-state index in [0.29, 0.717) is 17.5 Å². The van der Waals surface area contributed by atoms with Gasteiger partial charge in [-0.2, -0.15) is 0 Å². The fourth-order valence-electron chi connectivity index (χ4n) is 2.58. The highest BCUT2D eigenvalue weighted by Crippen LogP contribution is 2.20. The molecule has 1 aromatic heterocycles. The summed E-state index contributed by atoms with van der Waals surface area (Å²) in [6, 6.07) is 5.03. The van der Waals surface area contributed by atoms with Gasteiger partial charge in [0, 0.05) is 6.04 Å². The molecule has 1 saturated heterocycles. The summed E-state index contributed by atoms with van der Waals surface area (Å²) in [5, 5.41) is 8.51. The molecular weight excluding hydrogens is 290 g/mol. The Balaban J connectivity index is 1.81. The van der Waals surface area contributed by atoms with Crippen molar-refractivity contribution in [1.29, 1.82) is 0 Å². The topological polar surface area (TPSA) is 104 Å². The number of anilines is 1. The molecule has 0 amide bonds. The number of hydrogen-bond acceptors (Lipinski definition) is 5. The number of nitrogens with one attached hydrogen (secondary N) is 2. The first kappa shape index (κ1) is 14.3.